The van der Waals surface area contributed by atoms with Crippen LogP contribution in [0.1, 0.15) is 4.88 Å². The Hall–Kier alpha value is -1.26. The zero-order valence-electron chi connectivity index (χ0n) is 8.74. The largest absolute Gasteiger partial charge is 0.481 e. The number of aromatic nitrogens is 1. The molecule has 0 unspecified atom stereocenters. The third kappa shape index (κ3) is 2.87. The Morgan fingerprint density at radius 3 is 2.94 bits per heavy atom. The van der Waals surface area contributed by atoms with Crippen LogP contribution in [0.5, 0.6) is 5.88 Å². The number of rotatable bonds is 4. The Kier molecular flexibility index (Phi) is 3.64. The third-order valence-corrected chi connectivity index (χ3v) is 3.32. The molecule has 3 nitrogen and oxygen atoms in total. The van der Waals surface area contributed by atoms with Crippen molar-refractivity contribution in [3.63, 3.8) is 0 Å². The van der Waals surface area contributed by atoms with Gasteiger partial charge in [-0.3, -0.25) is 0 Å². The lowest BCUT2D eigenvalue weighted by Crippen LogP contribution is -1.98. The van der Waals surface area contributed by atoms with E-state index in [0.29, 0.717) is 5.88 Å². The highest BCUT2D eigenvalue weighted by molar-refractivity contribution is 7.10. The standard InChI is InChI=1S/C11H11ClN2OS/c1-15-11-3-2-9(5-14-11)13-6-10-4-8(12)7-16-10/h2-5,7,13H,6H2,1H3. The van der Waals surface area contributed by atoms with E-state index in [1.165, 1.54) is 4.88 Å². The Labute approximate surface area is 103 Å². The van der Waals surface area contributed by atoms with Crippen molar-refractivity contribution in [1.82, 2.24) is 4.98 Å². The van der Waals surface area contributed by atoms with Gasteiger partial charge in [0.2, 0.25) is 5.88 Å². The van der Waals surface area contributed by atoms with Crippen molar-refractivity contribution in [3.8, 4) is 5.88 Å². The lowest BCUT2D eigenvalue weighted by Gasteiger charge is -2.04. The van der Waals surface area contributed by atoms with E-state index in [-0.39, 0.29) is 0 Å². The van der Waals surface area contributed by atoms with Gasteiger partial charge in [-0.1, -0.05) is 11.6 Å². The Bertz CT molecular complexity index is 455. The summed E-state index contributed by atoms with van der Waals surface area (Å²) in [5.74, 6) is 0.615. The molecule has 0 atom stereocenters. The number of hydrogen-bond acceptors (Lipinski definition) is 4. The monoisotopic (exact) mass is 254 g/mol. The van der Waals surface area contributed by atoms with Crippen LogP contribution in [0.4, 0.5) is 5.69 Å². The predicted octanol–water partition coefficient (Wildman–Crippen LogP) is 3.42. The molecule has 2 aromatic heterocycles. The summed E-state index contributed by atoms with van der Waals surface area (Å²) < 4.78 is 4.98. The minimum atomic E-state index is 0.615. The summed E-state index contributed by atoms with van der Waals surface area (Å²) in [6.07, 6.45) is 1.74. The molecule has 1 N–H and O–H groups in total. The number of anilines is 1. The number of pyridine rings is 1. The summed E-state index contributed by atoms with van der Waals surface area (Å²) in [7, 11) is 1.60. The van der Waals surface area contributed by atoms with E-state index >= 15 is 0 Å². The SMILES string of the molecule is COc1ccc(NCc2cc(Cl)cs2)cn1. The molecule has 0 aliphatic heterocycles. The van der Waals surface area contributed by atoms with E-state index in [1.54, 1.807) is 24.6 Å². The molecule has 84 valence electrons. The average molecular weight is 255 g/mol. The van der Waals surface area contributed by atoms with Crippen molar-refractivity contribution in [3.05, 3.63) is 39.7 Å². The molecule has 5 heteroatoms. The highest BCUT2D eigenvalue weighted by Crippen LogP contribution is 2.20. The van der Waals surface area contributed by atoms with Crippen LogP contribution < -0.4 is 10.1 Å². The zero-order chi connectivity index (χ0) is 11.4. The summed E-state index contributed by atoms with van der Waals surface area (Å²) in [5.41, 5.74) is 0.963. The highest BCUT2D eigenvalue weighted by atomic mass is 35.5. The minimum Gasteiger partial charge on any atom is -0.481 e. The minimum absolute atomic E-state index is 0.615. The highest BCUT2D eigenvalue weighted by Gasteiger charge is 1.98. The number of methoxy groups -OCH3 is 1. The molecular formula is C11H11ClN2OS. The van der Waals surface area contributed by atoms with Gasteiger partial charge in [0.15, 0.2) is 0 Å². The number of hydrogen-bond donors (Lipinski definition) is 1. The molecular weight excluding hydrogens is 244 g/mol. The van der Waals surface area contributed by atoms with E-state index in [2.05, 4.69) is 10.3 Å². The van der Waals surface area contributed by atoms with Crippen LogP contribution in [0.15, 0.2) is 29.8 Å². The van der Waals surface area contributed by atoms with E-state index in [1.807, 2.05) is 23.6 Å². The van der Waals surface area contributed by atoms with Gasteiger partial charge in [-0.25, -0.2) is 4.98 Å². The molecule has 0 bridgehead atoms. The molecule has 16 heavy (non-hydrogen) atoms. The molecule has 0 fully saturated rings. The Balaban J connectivity index is 1.94. The summed E-state index contributed by atoms with van der Waals surface area (Å²) in [6.45, 7) is 0.755. The van der Waals surface area contributed by atoms with Crippen LogP contribution in [-0.2, 0) is 6.54 Å². The molecule has 0 aliphatic carbocycles. The average Bonchev–Trinajstić information content (AvgIpc) is 2.73. The first-order valence-corrected chi connectivity index (χ1v) is 6.00. The number of thiophene rings is 1. The van der Waals surface area contributed by atoms with Gasteiger partial charge in [-0.15, -0.1) is 11.3 Å². The van der Waals surface area contributed by atoms with Gasteiger partial charge in [0.25, 0.3) is 0 Å². The summed E-state index contributed by atoms with van der Waals surface area (Å²) in [4.78, 5) is 5.30. The van der Waals surface area contributed by atoms with Gasteiger partial charge >= 0.3 is 0 Å². The van der Waals surface area contributed by atoms with Crippen molar-refractivity contribution in [2.75, 3.05) is 12.4 Å². The molecule has 2 rings (SSSR count). The van der Waals surface area contributed by atoms with E-state index < -0.39 is 0 Å². The van der Waals surface area contributed by atoms with E-state index in [4.69, 9.17) is 16.3 Å². The Morgan fingerprint density at radius 2 is 2.38 bits per heavy atom. The second kappa shape index (κ2) is 5.18. The molecule has 0 saturated carbocycles. The normalized spacial score (nSPS) is 10.1. The van der Waals surface area contributed by atoms with Crippen LogP contribution >= 0.6 is 22.9 Å². The lowest BCUT2D eigenvalue weighted by atomic mass is 10.4. The van der Waals surface area contributed by atoms with Crippen molar-refractivity contribution in [2.24, 2.45) is 0 Å². The fourth-order valence-corrected chi connectivity index (χ4v) is 2.25. The maximum Gasteiger partial charge on any atom is 0.213 e. The molecule has 2 aromatic rings. The van der Waals surface area contributed by atoms with Crippen molar-refractivity contribution >= 4 is 28.6 Å². The smallest absolute Gasteiger partial charge is 0.213 e. The topological polar surface area (TPSA) is 34.1 Å². The maximum absolute atomic E-state index is 5.84. The van der Waals surface area contributed by atoms with Crippen molar-refractivity contribution in [2.45, 2.75) is 6.54 Å². The first kappa shape index (κ1) is 11.2. The number of nitrogens with zero attached hydrogens (tertiary/aromatic N) is 1. The zero-order valence-corrected chi connectivity index (χ0v) is 10.3. The van der Waals surface area contributed by atoms with Gasteiger partial charge in [0, 0.05) is 22.9 Å². The summed E-state index contributed by atoms with van der Waals surface area (Å²) >= 11 is 7.47. The first-order chi connectivity index (χ1) is 7.78. The number of nitrogens with one attached hydrogen (secondary N) is 1. The van der Waals surface area contributed by atoms with Crippen LogP contribution in [0, 0.1) is 0 Å². The Morgan fingerprint density at radius 1 is 1.50 bits per heavy atom. The molecule has 2 heterocycles. The van der Waals surface area contributed by atoms with Crippen LogP contribution in [-0.4, -0.2) is 12.1 Å². The summed E-state index contributed by atoms with van der Waals surface area (Å²) in [6, 6.07) is 5.71. The van der Waals surface area contributed by atoms with Gasteiger partial charge < -0.3 is 10.1 Å². The lowest BCUT2D eigenvalue weighted by molar-refractivity contribution is 0.398. The number of ether oxygens (including phenoxy) is 1. The van der Waals surface area contributed by atoms with Crippen molar-refractivity contribution < 1.29 is 4.74 Å². The second-order valence-corrected chi connectivity index (χ2v) is 4.61. The molecule has 0 saturated heterocycles. The molecule has 0 aliphatic rings. The molecule has 0 aromatic carbocycles. The van der Waals surface area contributed by atoms with Crippen LogP contribution in [0.3, 0.4) is 0 Å². The quantitative estimate of drug-likeness (QED) is 0.908. The molecule has 0 spiro atoms. The van der Waals surface area contributed by atoms with Crippen LogP contribution in [0.25, 0.3) is 0 Å². The molecule has 0 amide bonds. The van der Waals surface area contributed by atoms with Gasteiger partial charge in [-0.05, 0) is 12.1 Å². The van der Waals surface area contributed by atoms with Crippen LogP contribution in [0.2, 0.25) is 5.02 Å². The second-order valence-electron chi connectivity index (χ2n) is 3.17. The van der Waals surface area contributed by atoms with E-state index in [0.717, 1.165) is 17.3 Å². The first-order valence-electron chi connectivity index (χ1n) is 4.75. The number of halogens is 1. The fourth-order valence-electron chi connectivity index (χ4n) is 1.24. The third-order valence-electron chi connectivity index (χ3n) is 2.03. The van der Waals surface area contributed by atoms with E-state index in [9.17, 15) is 0 Å². The van der Waals surface area contributed by atoms with Gasteiger partial charge in [-0.2, -0.15) is 0 Å². The van der Waals surface area contributed by atoms with Crippen molar-refractivity contribution in [1.29, 1.82) is 0 Å². The predicted molar refractivity (Wildman–Crippen MR) is 67.4 cm³/mol. The van der Waals surface area contributed by atoms with Gasteiger partial charge in [0.1, 0.15) is 0 Å². The molecule has 0 radical (unpaired) electrons. The fraction of sp³-hybridized carbons (Fsp3) is 0.182. The maximum atomic E-state index is 5.84. The summed E-state index contributed by atoms with van der Waals surface area (Å²) in [5, 5.41) is 5.97. The van der Waals surface area contributed by atoms with Gasteiger partial charge in [0.05, 0.1) is 24.0 Å².